The van der Waals surface area contributed by atoms with Crippen LogP contribution in [0, 0.1) is 5.92 Å². The zero-order valence-corrected chi connectivity index (χ0v) is 11.9. The number of benzene rings is 1. The Hall–Kier alpha value is -1.71. The summed E-state index contributed by atoms with van der Waals surface area (Å²) in [5.41, 5.74) is 0. The summed E-state index contributed by atoms with van der Waals surface area (Å²) in [6.07, 6.45) is 5.66. The molecule has 1 aromatic rings. The van der Waals surface area contributed by atoms with Gasteiger partial charge in [-0.3, -0.25) is 0 Å². The maximum absolute atomic E-state index is 10.7. The molecule has 1 aliphatic carbocycles. The number of hydrogen-bond donors (Lipinski definition) is 1. The summed E-state index contributed by atoms with van der Waals surface area (Å²) in [5, 5.41) is 8.78. The first-order valence-electron chi connectivity index (χ1n) is 7.27. The summed E-state index contributed by atoms with van der Waals surface area (Å²) in [5.74, 6) is 1.06. The standard InChI is InChI=1S/C16H22O4/c1-12(16(17)18)20-15-9-7-14(8-10-15)19-11-13-5-3-2-4-6-13/h7-10,12-13H,2-6,11H2,1H3,(H,17,18)/t12-/m0/s1. The molecule has 0 heterocycles. The summed E-state index contributed by atoms with van der Waals surface area (Å²) in [4.78, 5) is 10.7. The van der Waals surface area contributed by atoms with E-state index >= 15 is 0 Å². The van der Waals surface area contributed by atoms with Crippen LogP contribution in [0.15, 0.2) is 24.3 Å². The normalized spacial score (nSPS) is 17.4. The summed E-state index contributed by atoms with van der Waals surface area (Å²) >= 11 is 0. The lowest BCUT2D eigenvalue weighted by Gasteiger charge is -2.21. The van der Waals surface area contributed by atoms with E-state index in [0.717, 1.165) is 12.4 Å². The number of ether oxygens (including phenoxy) is 2. The molecule has 4 nitrogen and oxygen atoms in total. The van der Waals surface area contributed by atoms with Crippen molar-refractivity contribution in [1.29, 1.82) is 0 Å². The highest BCUT2D eigenvalue weighted by Gasteiger charge is 2.14. The molecule has 0 saturated heterocycles. The van der Waals surface area contributed by atoms with Crippen LogP contribution in [0.5, 0.6) is 11.5 Å². The molecule has 4 heteroatoms. The minimum atomic E-state index is -0.970. The first-order chi connectivity index (χ1) is 9.65. The van der Waals surface area contributed by atoms with Gasteiger partial charge in [-0.15, -0.1) is 0 Å². The van der Waals surface area contributed by atoms with E-state index in [1.165, 1.54) is 39.0 Å². The molecular formula is C16H22O4. The van der Waals surface area contributed by atoms with Gasteiger partial charge >= 0.3 is 5.97 Å². The largest absolute Gasteiger partial charge is 0.493 e. The van der Waals surface area contributed by atoms with Crippen molar-refractivity contribution in [3.05, 3.63) is 24.3 Å². The van der Waals surface area contributed by atoms with E-state index in [0.29, 0.717) is 11.7 Å². The Bertz CT molecular complexity index is 421. The van der Waals surface area contributed by atoms with Gasteiger partial charge in [0.1, 0.15) is 11.5 Å². The SMILES string of the molecule is C[C@H](Oc1ccc(OCC2CCCCC2)cc1)C(=O)O. The molecule has 20 heavy (non-hydrogen) atoms. The maximum Gasteiger partial charge on any atom is 0.344 e. The van der Waals surface area contributed by atoms with Crippen molar-refractivity contribution >= 4 is 5.97 Å². The first kappa shape index (κ1) is 14.7. The van der Waals surface area contributed by atoms with Gasteiger partial charge in [-0.25, -0.2) is 4.79 Å². The molecule has 1 saturated carbocycles. The highest BCUT2D eigenvalue weighted by Crippen LogP contribution is 2.25. The van der Waals surface area contributed by atoms with E-state index in [1.54, 1.807) is 12.1 Å². The molecule has 1 atom stereocenters. The van der Waals surface area contributed by atoms with Gasteiger partial charge in [0, 0.05) is 0 Å². The Morgan fingerprint density at radius 3 is 2.40 bits per heavy atom. The Labute approximate surface area is 119 Å². The lowest BCUT2D eigenvalue weighted by atomic mass is 9.90. The molecule has 0 amide bonds. The Morgan fingerprint density at radius 2 is 1.80 bits per heavy atom. The van der Waals surface area contributed by atoms with Crippen LogP contribution in [0.25, 0.3) is 0 Å². The lowest BCUT2D eigenvalue weighted by Crippen LogP contribution is -2.22. The van der Waals surface area contributed by atoms with Gasteiger partial charge in [0.15, 0.2) is 6.10 Å². The molecule has 0 spiro atoms. The molecule has 0 radical (unpaired) electrons. The van der Waals surface area contributed by atoms with Crippen LogP contribution >= 0.6 is 0 Å². The highest BCUT2D eigenvalue weighted by atomic mass is 16.5. The highest BCUT2D eigenvalue weighted by molar-refractivity contribution is 5.72. The molecule has 2 rings (SSSR count). The molecule has 0 aliphatic heterocycles. The number of rotatable bonds is 6. The second kappa shape index (κ2) is 7.17. The monoisotopic (exact) mass is 278 g/mol. The summed E-state index contributed by atoms with van der Waals surface area (Å²) < 4.78 is 11.1. The fourth-order valence-electron chi connectivity index (χ4n) is 2.44. The van der Waals surface area contributed by atoms with Gasteiger partial charge in [0.05, 0.1) is 6.61 Å². The molecule has 1 aliphatic rings. The topological polar surface area (TPSA) is 55.8 Å². The van der Waals surface area contributed by atoms with Crippen LogP contribution in [0.3, 0.4) is 0 Å². The van der Waals surface area contributed by atoms with Crippen molar-refractivity contribution in [3.63, 3.8) is 0 Å². The fourth-order valence-corrected chi connectivity index (χ4v) is 2.44. The van der Waals surface area contributed by atoms with E-state index in [9.17, 15) is 4.79 Å². The van der Waals surface area contributed by atoms with Crippen molar-refractivity contribution in [3.8, 4) is 11.5 Å². The molecular weight excluding hydrogens is 256 g/mol. The molecule has 1 N–H and O–H groups in total. The Balaban J connectivity index is 1.80. The predicted molar refractivity (Wildman–Crippen MR) is 76.2 cm³/mol. The van der Waals surface area contributed by atoms with Crippen molar-refractivity contribution in [2.75, 3.05) is 6.61 Å². The Morgan fingerprint density at radius 1 is 1.20 bits per heavy atom. The molecule has 1 fully saturated rings. The van der Waals surface area contributed by atoms with E-state index in [4.69, 9.17) is 14.6 Å². The van der Waals surface area contributed by atoms with Crippen LogP contribution < -0.4 is 9.47 Å². The predicted octanol–water partition coefficient (Wildman–Crippen LogP) is 3.50. The smallest absolute Gasteiger partial charge is 0.344 e. The second-order valence-corrected chi connectivity index (χ2v) is 5.38. The van der Waals surface area contributed by atoms with Crippen molar-refractivity contribution < 1.29 is 19.4 Å². The number of carbonyl (C=O) groups is 1. The number of carboxylic acids is 1. The van der Waals surface area contributed by atoms with Crippen molar-refractivity contribution in [1.82, 2.24) is 0 Å². The molecule has 0 bridgehead atoms. The minimum Gasteiger partial charge on any atom is -0.493 e. The van der Waals surface area contributed by atoms with Crippen molar-refractivity contribution in [2.24, 2.45) is 5.92 Å². The zero-order valence-electron chi connectivity index (χ0n) is 11.9. The van der Waals surface area contributed by atoms with E-state index in [-0.39, 0.29) is 0 Å². The van der Waals surface area contributed by atoms with Crippen LogP contribution in [0.1, 0.15) is 39.0 Å². The minimum absolute atomic E-state index is 0.546. The Kier molecular flexibility index (Phi) is 5.27. The third-order valence-electron chi connectivity index (χ3n) is 3.69. The van der Waals surface area contributed by atoms with Gasteiger partial charge < -0.3 is 14.6 Å². The van der Waals surface area contributed by atoms with Crippen LogP contribution in [0.2, 0.25) is 0 Å². The van der Waals surface area contributed by atoms with Crippen LogP contribution in [0.4, 0.5) is 0 Å². The van der Waals surface area contributed by atoms with Gasteiger partial charge in [0.25, 0.3) is 0 Å². The molecule has 1 aromatic carbocycles. The average molecular weight is 278 g/mol. The molecule has 0 aromatic heterocycles. The summed E-state index contributed by atoms with van der Waals surface area (Å²) in [6.45, 7) is 2.28. The van der Waals surface area contributed by atoms with Gasteiger partial charge in [0.2, 0.25) is 0 Å². The first-order valence-corrected chi connectivity index (χ1v) is 7.27. The second-order valence-electron chi connectivity index (χ2n) is 5.38. The number of aliphatic carboxylic acids is 1. The van der Waals surface area contributed by atoms with Crippen LogP contribution in [-0.2, 0) is 4.79 Å². The van der Waals surface area contributed by atoms with E-state index in [1.807, 2.05) is 12.1 Å². The van der Waals surface area contributed by atoms with Gasteiger partial charge in [-0.1, -0.05) is 19.3 Å². The third kappa shape index (κ3) is 4.44. The van der Waals surface area contributed by atoms with E-state index in [2.05, 4.69) is 0 Å². The third-order valence-corrected chi connectivity index (χ3v) is 3.69. The zero-order chi connectivity index (χ0) is 14.4. The number of hydrogen-bond acceptors (Lipinski definition) is 3. The van der Waals surface area contributed by atoms with Gasteiger partial charge in [-0.05, 0) is 49.9 Å². The summed E-state index contributed by atoms with van der Waals surface area (Å²) in [6, 6.07) is 7.14. The van der Waals surface area contributed by atoms with E-state index < -0.39 is 12.1 Å². The summed E-state index contributed by atoms with van der Waals surface area (Å²) in [7, 11) is 0. The maximum atomic E-state index is 10.7. The quantitative estimate of drug-likeness (QED) is 0.865. The van der Waals surface area contributed by atoms with Crippen molar-refractivity contribution in [2.45, 2.75) is 45.1 Å². The molecule has 0 unspecified atom stereocenters. The molecule has 110 valence electrons. The average Bonchev–Trinajstić information content (AvgIpc) is 2.47. The number of carboxylic acid groups (broad SMARTS) is 1. The lowest BCUT2D eigenvalue weighted by molar-refractivity contribution is -0.144. The van der Waals surface area contributed by atoms with Crippen LogP contribution in [-0.4, -0.2) is 23.8 Å². The van der Waals surface area contributed by atoms with Gasteiger partial charge in [-0.2, -0.15) is 0 Å². The fraction of sp³-hybridized carbons (Fsp3) is 0.562.